The van der Waals surface area contributed by atoms with E-state index in [1.807, 2.05) is 78.9 Å². The normalized spacial score (nSPS) is 19.2. The number of fused-ring (bicyclic) bond motifs is 6. The number of para-hydroxylation sites is 2. The summed E-state index contributed by atoms with van der Waals surface area (Å²) in [5.74, 6) is -0.262. The highest BCUT2D eigenvalue weighted by molar-refractivity contribution is 5.97. The fourth-order valence-electron chi connectivity index (χ4n) is 6.20. The first-order valence-electron chi connectivity index (χ1n) is 15.0. The minimum Gasteiger partial charge on any atom is -0.492 e. The smallest absolute Gasteiger partial charge is 0.289 e. The highest BCUT2D eigenvalue weighted by atomic mass is 16.5. The van der Waals surface area contributed by atoms with Crippen molar-refractivity contribution in [2.45, 2.75) is 12.3 Å². The molecule has 0 aliphatic carbocycles. The second-order valence-electron chi connectivity index (χ2n) is 11.3. The van der Waals surface area contributed by atoms with Crippen LogP contribution in [0, 0.1) is 5.92 Å². The predicted octanol–water partition coefficient (Wildman–Crippen LogP) is 4.88. The maximum Gasteiger partial charge on any atom is 0.289 e. The van der Waals surface area contributed by atoms with E-state index in [1.165, 1.54) is 0 Å². The molecule has 1 N–H and O–H groups in total. The molecule has 9 nitrogen and oxygen atoms in total. The lowest BCUT2D eigenvalue weighted by Gasteiger charge is -2.24. The van der Waals surface area contributed by atoms with Crippen molar-refractivity contribution in [2.75, 3.05) is 39.3 Å². The van der Waals surface area contributed by atoms with Gasteiger partial charge in [-0.15, -0.1) is 0 Å². The molecule has 2 aromatic heterocycles. The Morgan fingerprint density at radius 3 is 2.50 bits per heavy atom. The summed E-state index contributed by atoms with van der Waals surface area (Å²) in [7, 11) is 0. The fraction of sp³-hybridized carbons (Fsp3) is 0.257. The third kappa shape index (κ3) is 5.48. The molecule has 2 aliphatic rings. The minimum absolute atomic E-state index is 0.118. The van der Waals surface area contributed by atoms with Gasteiger partial charge in [-0.2, -0.15) is 0 Å². The first kappa shape index (κ1) is 27.6. The topological polar surface area (TPSA) is 105 Å². The van der Waals surface area contributed by atoms with Gasteiger partial charge in [0.25, 0.3) is 11.8 Å². The van der Waals surface area contributed by atoms with E-state index in [-0.39, 0.29) is 35.9 Å². The Morgan fingerprint density at radius 2 is 1.61 bits per heavy atom. The number of amides is 3. The number of aromatic nitrogens is 1. The molecule has 0 radical (unpaired) electrons. The van der Waals surface area contributed by atoms with E-state index in [1.54, 1.807) is 21.9 Å². The van der Waals surface area contributed by atoms with Gasteiger partial charge in [0.05, 0.1) is 18.0 Å². The number of benzene rings is 3. The van der Waals surface area contributed by atoms with E-state index in [4.69, 9.17) is 9.15 Å². The standard InChI is InChI=1S/C35H32N4O5/c40-33-28-22-39(35(42)32-20-25-8-2-4-12-31(25)44-32)21-27(28)24-9-5-10-26(19-24)43-18-17-38(16-6-15-36-33)34(41)30-14-13-23-7-1-3-11-29(23)37-30/h1-5,7-14,19-20,27-28H,6,15-18,21-22H2,(H,36,40)/t27-,28+/m1/s1. The van der Waals surface area contributed by atoms with Gasteiger partial charge in [-0.25, -0.2) is 4.98 Å². The average molecular weight is 589 g/mol. The highest BCUT2D eigenvalue weighted by Gasteiger charge is 2.41. The van der Waals surface area contributed by atoms with Crippen LogP contribution in [-0.4, -0.2) is 71.8 Å². The summed E-state index contributed by atoms with van der Waals surface area (Å²) in [4.78, 5) is 48.6. The third-order valence-corrected chi connectivity index (χ3v) is 8.51. The van der Waals surface area contributed by atoms with E-state index >= 15 is 0 Å². The van der Waals surface area contributed by atoms with Crippen LogP contribution in [0.1, 0.15) is 38.9 Å². The molecule has 0 unspecified atom stereocenters. The van der Waals surface area contributed by atoms with E-state index in [0.29, 0.717) is 56.2 Å². The quantitative estimate of drug-likeness (QED) is 0.315. The van der Waals surface area contributed by atoms with Gasteiger partial charge in [0.2, 0.25) is 5.91 Å². The molecule has 2 bridgehead atoms. The van der Waals surface area contributed by atoms with Crippen LogP contribution in [0.25, 0.3) is 21.9 Å². The summed E-state index contributed by atoms with van der Waals surface area (Å²) in [5, 5.41) is 4.91. The second-order valence-corrected chi connectivity index (χ2v) is 11.3. The minimum atomic E-state index is -0.443. The van der Waals surface area contributed by atoms with Gasteiger partial charge in [-0.1, -0.05) is 54.6 Å². The van der Waals surface area contributed by atoms with Crippen molar-refractivity contribution in [3.63, 3.8) is 0 Å². The van der Waals surface area contributed by atoms with Gasteiger partial charge in [-0.3, -0.25) is 14.4 Å². The molecule has 7 rings (SSSR count). The molecule has 1 saturated heterocycles. The molecule has 3 aromatic carbocycles. The van der Waals surface area contributed by atoms with E-state index in [2.05, 4.69) is 10.3 Å². The Bertz CT molecular complexity index is 1830. The van der Waals surface area contributed by atoms with Crippen molar-refractivity contribution < 1.29 is 23.5 Å². The Hall–Kier alpha value is -5.18. The van der Waals surface area contributed by atoms with Crippen LogP contribution in [0.2, 0.25) is 0 Å². The van der Waals surface area contributed by atoms with Crippen LogP contribution in [0.4, 0.5) is 0 Å². The number of carbonyl (C=O) groups excluding carboxylic acids is 3. The molecule has 2 aliphatic heterocycles. The van der Waals surface area contributed by atoms with E-state index in [0.717, 1.165) is 21.9 Å². The van der Waals surface area contributed by atoms with Crippen molar-refractivity contribution in [1.82, 2.24) is 20.1 Å². The fourth-order valence-corrected chi connectivity index (χ4v) is 6.20. The molecule has 4 heterocycles. The first-order valence-corrected chi connectivity index (χ1v) is 15.0. The zero-order valence-electron chi connectivity index (χ0n) is 24.1. The maximum atomic E-state index is 13.6. The summed E-state index contributed by atoms with van der Waals surface area (Å²) >= 11 is 0. The average Bonchev–Trinajstić information content (AvgIpc) is 3.70. The molecule has 2 atom stereocenters. The number of pyridine rings is 1. The van der Waals surface area contributed by atoms with Crippen molar-refractivity contribution in [3.05, 3.63) is 108 Å². The monoisotopic (exact) mass is 588 g/mol. The van der Waals surface area contributed by atoms with Crippen LogP contribution in [-0.2, 0) is 4.79 Å². The number of ether oxygens (including phenoxy) is 1. The molecule has 3 amide bonds. The number of carbonyl (C=O) groups is 3. The third-order valence-electron chi connectivity index (χ3n) is 8.51. The van der Waals surface area contributed by atoms with Crippen LogP contribution in [0.3, 0.4) is 0 Å². The van der Waals surface area contributed by atoms with Crippen molar-refractivity contribution in [1.29, 1.82) is 0 Å². The molecule has 0 spiro atoms. The molecular weight excluding hydrogens is 556 g/mol. The number of nitrogens with zero attached hydrogens (tertiary/aromatic N) is 3. The van der Waals surface area contributed by atoms with Crippen LogP contribution in [0.5, 0.6) is 5.75 Å². The molecule has 222 valence electrons. The summed E-state index contributed by atoms with van der Waals surface area (Å²) < 4.78 is 12.0. The Labute approximate surface area is 254 Å². The molecular formula is C35H32N4O5. The Morgan fingerprint density at radius 1 is 0.795 bits per heavy atom. The summed E-state index contributed by atoms with van der Waals surface area (Å²) in [6.07, 6.45) is 0.565. The predicted molar refractivity (Wildman–Crippen MR) is 166 cm³/mol. The SMILES string of the molecule is O=C1NCCCN(C(=O)c2ccc3ccccc3n2)CCOc2cccc(c2)[C@H]2CN(C(=O)c3cc4ccccc4o3)C[C@H]12. The summed E-state index contributed by atoms with van der Waals surface area (Å²) in [6.45, 7) is 2.17. The zero-order valence-corrected chi connectivity index (χ0v) is 24.1. The van der Waals surface area contributed by atoms with Gasteiger partial charge >= 0.3 is 0 Å². The van der Waals surface area contributed by atoms with Gasteiger partial charge in [-0.05, 0) is 48.4 Å². The number of nitrogens with one attached hydrogen (secondary N) is 1. The van der Waals surface area contributed by atoms with Gasteiger partial charge in [0.15, 0.2) is 5.76 Å². The lowest BCUT2D eigenvalue weighted by molar-refractivity contribution is -0.124. The van der Waals surface area contributed by atoms with Gasteiger partial charge in [0.1, 0.15) is 23.6 Å². The van der Waals surface area contributed by atoms with Crippen molar-refractivity contribution in [2.24, 2.45) is 5.92 Å². The number of furan rings is 1. The maximum absolute atomic E-state index is 13.6. The second kappa shape index (κ2) is 11.8. The molecule has 1 fully saturated rings. The summed E-state index contributed by atoms with van der Waals surface area (Å²) in [6, 6.07) is 28.3. The van der Waals surface area contributed by atoms with Crippen LogP contribution >= 0.6 is 0 Å². The Balaban J connectivity index is 1.10. The molecule has 44 heavy (non-hydrogen) atoms. The molecule has 5 aromatic rings. The van der Waals surface area contributed by atoms with Gasteiger partial charge in [0, 0.05) is 42.9 Å². The first-order chi connectivity index (χ1) is 21.5. The lowest BCUT2D eigenvalue weighted by Crippen LogP contribution is -2.39. The Kier molecular flexibility index (Phi) is 7.43. The van der Waals surface area contributed by atoms with Crippen molar-refractivity contribution in [3.8, 4) is 5.75 Å². The number of likely N-dealkylation sites (tertiary alicyclic amines) is 1. The van der Waals surface area contributed by atoms with Crippen LogP contribution in [0.15, 0.2) is 95.4 Å². The van der Waals surface area contributed by atoms with E-state index in [9.17, 15) is 14.4 Å². The molecule has 0 saturated carbocycles. The van der Waals surface area contributed by atoms with Crippen LogP contribution < -0.4 is 10.1 Å². The number of rotatable bonds is 2. The number of hydrogen-bond acceptors (Lipinski definition) is 6. The largest absolute Gasteiger partial charge is 0.492 e. The zero-order chi connectivity index (χ0) is 30.0. The van der Waals surface area contributed by atoms with E-state index < -0.39 is 5.92 Å². The lowest BCUT2D eigenvalue weighted by atomic mass is 9.88. The van der Waals surface area contributed by atoms with Crippen molar-refractivity contribution >= 4 is 39.6 Å². The molecule has 9 heteroatoms. The van der Waals surface area contributed by atoms with Gasteiger partial charge < -0.3 is 24.3 Å². The number of hydrogen-bond donors (Lipinski definition) is 1. The highest BCUT2D eigenvalue weighted by Crippen LogP contribution is 2.36. The summed E-state index contributed by atoms with van der Waals surface area (Å²) in [5.41, 5.74) is 2.71.